The lowest BCUT2D eigenvalue weighted by atomic mass is 10.2. The predicted octanol–water partition coefficient (Wildman–Crippen LogP) is 2.18. The van der Waals surface area contributed by atoms with Gasteiger partial charge in [0.25, 0.3) is 0 Å². The standard InChI is InChI=1S/C11H11N3OS/c12-5-10(13)15-11(14)8-6-16-9-4-2-1-3-7(8)9/h1-4,6,13-14H,5,12H2. The number of thiophene rings is 1. The van der Waals surface area contributed by atoms with Crippen molar-refractivity contribution in [1.82, 2.24) is 0 Å². The topological polar surface area (TPSA) is 83.0 Å². The minimum atomic E-state index is -0.0970. The molecule has 5 heteroatoms. The van der Waals surface area contributed by atoms with Gasteiger partial charge >= 0.3 is 0 Å². The molecule has 0 fully saturated rings. The molecule has 16 heavy (non-hydrogen) atoms. The summed E-state index contributed by atoms with van der Waals surface area (Å²) in [6, 6.07) is 7.80. The van der Waals surface area contributed by atoms with Crippen molar-refractivity contribution in [2.24, 2.45) is 5.73 Å². The van der Waals surface area contributed by atoms with Crippen LogP contribution in [0.2, 0.25) is 0 Å². The summed E-state index contributed by atoms with van der Waals surface area (Å²) in [5, 5.41) is 17.9. The molecule has 0 aliphatic rings. The molecule has 4 nitrogen and oxygen atoms in total. The number of nitrogens with two attached hydrogens (primary N) is 1. The summed E-state index contributed by atoms with van der Waals surface area (Å²) in [6.45, 7) is 0.00441. The van der Waals surface area contributed by atoms with Gasteiger partial charge in [-0.05, 0) is 6.07 Å². The van der Waals surface area contributed by atoms with Crippen molar-refractivity contribution < 1.29 is 4.74 Å². The fourth-order valence-corrected chi connectivity index (χ4v) is 2.31. The van der Waals surface area contributed by atoms with Gasteiger partial charge in [0, 0.05) is 15.5 Å². The fraction of sp³-hybridized carbons (Fsp3) is 0.0909. The van der Waals surface area contributed by atoms with Crippen molar-refractivity contribution in [2.75, 3.05) is 6.54 Å². The highest BCUT2D eigenvalue weighted by atomic mass is 32.1. The zero-order chi connectivity index (χ0) is 11.5. The van der Waals surface area contributed by atoms with Crippen molar-refractivity contribution >= 4 is 33.2 Å². The van der Waals surface area contributed by atoms with Crippen LogP contribution >= 0.6 is 11.3 Å². The lowest BCUT2D eigenvalue weighted by Gasteiger charge is -2.04. The van der Waals surface area contributed by atoms with Crippen LogP contribution in [0.25, 0.3) is 10.1 Å². The van der Waals surface area contributed by atoms with Crippen LogP contribution in [0, 0.1) is 10.8 Å². The normalized spacial score (nSPS) is 10.3. The van der Waals surface area contributed by atoms with Crippen LogP contribution in [0.15, 0.2) is 29.6 Å². The van der Waals surface area contributed by atoms with Crippen molar-refractivity contribution in [2.45, 2.75) is 0 Å². The molecular formula is C11H11N3OS. The second-order valence-corrected chi connectivity index (χ2v) is 4.12. The quantitative estimate of drug-likeness (QED) is 0.548. The van der Waals surface area contributed by atoms with Gasteiger partial charge < -0.3 is 10.5 Å². The third-order valence-corrected chi connectivity index (χ3v) is 3.10. The molecule has 82 valence electrons. The van der Waals surface area contributed by atoms with Gasteiger partial charge in [0.05, 0.1) is 12.1 Å². The Morgan fingerprint density at radius 1 is 1.31 bits per heavy atom. The Morgan fingerprint density at radius 2 is 2.06 bits per heavy atom. The summed E-state index contributed by atoms with van der Waals surface area (Å²) >= 11 is 1.55. The smallest absolute Gasteiger partial charge is 0.222 e. The highest BCUT2D eigenvalue weighted by Crippen LogP contribution is 2.26. The molecule has 0 spiro atoms. The SMILES string of the molecule is N=C(CN)OC(=N)c1csc2ccccc12. The Balaban J connectivity index is 2.33. The second-order valence-electron chi connectivity index (χ2n) is 3.20. The van der Waals surface area contributed by atoms with Gasteiger partial charge in [0.2, 0.25) is 11.8 Å². The first-order valence-corrected chi connectivity index (χ1v) is 5.61. The molecule has 0 saturated carbocycles. The van der Waals surface area contributed by atoms with E-state index in [4.69, 9.17) is 21.3 Å². The van der Waals surface area contributed by atoms with Crippen LogP contribution in [0.4, 0.5) is 0 Å². The van der Waals surface area contributed by atoms with Crippen molar-refractivity contribution in [3.8, 4) is 0 Å². The van der Waals surface area contributed by atoms with E-state index in [1.54, 1.807) is 11.3 Å². The summed E-state index contributed by atoms with van der Waals surface area (Å²) in [5.41, 5.74) is 5.95. The van der Waals surface area contributed by atoms with Crippen LogP contribution in [0.1, 0.15) is 5.56 Å². The van der Waals surface area contributed by atoms with Crippen molar-refractivity contribution in [3.63, 3.8) is 0 Å². The number of rotatable bonds is 2. The van der Waals surface area contributed by atoms with Gasteiger partial charge in [-0.25, -0.2) is 0 Å². The summed E-state index contributed by atoms with van der Waals surface area (Å²) in [5.74, 6) is -0.117. The molecule has 0 radical (unpaired) electrons. The number of hydrogen-bond acceptors (Lipinski definition) is 5. The molecule has 2 rings (SSSR count). The highest BCUT2D eigenvalue weighted by Gasteiger charge is 2.11. The van der Waals surface area contributed by atoms with Gasteiger partial charge in [-0.2, -0.15) is 0 Å². The highest BCUT2D eigenvalue weighted by molar-refractivity contribution is 7.17. The molecule has 1 heterocycles. The fourth-order valence-electron chi connectivity index (χ4n) is 1.37. The van der Waals surface area contributed by atoms with Crippen molar-refractivity contribution in [3.05, 3.63) is 35.2 Å². The summed E-state index contributed by atoms with van der Waals surface area (Å²) in [4.78, 5) is 0. The zero-order valence-electron chi connectivity index (χ0n) is 8.49. The van der Waals surface area contributed by atoms with E-state index in [-0.39, 0.29) is 18.3 Å². The van der Waals surface area contributed by atoms with E-state index in [1.807, 2.05) is 29.6 Å². The van der Waals surface area contributed by atoms with Gasteiger partial charge in [0.15, 0.2) is 0 Å². The van der Waals surface area contributed by atoms with E-state index < -0.39 is 0 Å². The number of nitrogens with one attached hydrogen (secondary N) is 2. The Morgan fingerprint density at radius 3 is 2.81 bits per heavy atom. The average Bonchev–Trinajstić information content (AvgIpc) is 2.72. The van der Waals surface area contributed by atoms with Crippen LogP contribution in [0.5, 0.6) is 0 Å². The molecule has 0 aliphatic carbocycles. The Hall–Kier alpha value is -1.72. The second kappa shape index (κ2) is 4.42. The third kappa shape index (κ3) is 1.95. The number of ether oxygens (including phenoxy) is 1. The van der Waals surface area contributed by atoms with E-state index in [2.05, 4.69) is 0 Å². The monoisotopic (exact) mass is 233 g/mol. The first-order chi connectivity index (χ1) is 7.72. The molecule has 4 N–H and O–H groups in total. The van der Waals surface area contributed by atoms with E-state index >= 15 is 0 Å². The Labute approximate surface area is 96.7 Å². The molecule has 0 amide bonds. The first-order valence-electron chi connectivity index (χ1n) is 4.73. The summed E-state index contributed by atoms with van der Waals surface area (Å²) in [6.07, 6.45) is 0. The number of fused-ring (bicyclic) bond motifs is 1. The zero-order valence-corrected chi connectivity index (χ0v) is 9.30. The maximum atomic E-state index is 7.75. The largest absolute Gasteiger partial charge is 0.424 e. The molecular weight excluding hydrogens is 222 g/mol. The first kappa shape index (κ1) is 10.8. The summed E-state index contributed by atoms with van der Waals surface area (Å²) in [7, 11) is 0. The average molecular weight is 233 g/mol. The van der Waals surface area contributed by atoms with Gasteiger partial charge in [0.1, 0.15) is 0 Å². The maximum Gasteiger partial charge on any atom is 0.222 e. The number of benzene rings is 1. The summed E-state index contributed by atoms with van der Waals surface area (Å²) < 4.78 is 6.10. The molecule has 0 aliphatic heterocycles. The molecule has 0 bridgehead atoms. The van der Waals surface area contributed by atoms with Gasteiger partial charge in [-0.3, -0.25) is 10.8 Å². The molecule has 2 aromatic rings. The van der Waals surface area contributed by atoms with Gasteiger partial charge in [-0.1, -0.05) is 18.2 Å². The van der Waals surface area contributed by atoms with E-state index in [0.29, 0.717) is 5.56 Å². The maximum absolute atomic E-state index is 7.75. The predicted molar refractivity (Wildman–Crippen MR) is 66.5 cm³/mol. The van der Waals surface area contributed by atoms with Crippen LogP contribution in [-0.4, -0.2) is 18.3 Å². The van der Waals surface area contributed by atoms with Crippen LogP contribution in [-0.2, 0) is 4.74 Å². The van der Waals surface area contributed by atoms with Crippen LogP contribution < -0.4 is 5.73 Å². The van der Waals surface area contributed by atoms with Crippen molar-refractivity contribution in [1.29, 1.82) is 10.8 Å². The minimum Gasteiger partial charge on any atom is -0.424 e. The Bertz CT molecular complexity index is 547. The molecule has 0 atom stereocenters. The van der Waals surface area contributed by atoms with E-state index in [9.17, 15) is 0 Å². The molecule has 1 aromatic carbocycles. The molecule has 0 unspecified atom stereocenters. The lowest BCUT2D eigenvalue weighted by molar-refractivity contribution is 0.526. The third-order valence-electron chi connectivity index (χ3n) is 2.14. The lowest BCUT2D eigenvalue weighted by Crippen LogP contribution is -2.19. The van der Waals surface area contributed by atoms with E-state index in [0.717, 1.165) is 10.1 Å². The van der Waals surface area contributed by atoms with Crippen LogP contribution in [0.3, 0.4) is 0 Å². The minimum absolute atomic E-state index is 0.00441. The Kier molecular flexibility index (Phi) is 2.98. The molecule has 1 aromatic heterocycles. The number of hydrogen-bond donors (Lipinski definition) is 3. The van der Waals surface area contributed by atoms with E-state index in [1.165, 1.54) is 0 Å². The molecule has 0 saturated heterocycles. The van der Waals surface area contributed by atoms with Gasteiger partial charge in [-0.15, -0.1) is 11.3 Å².